The van der Waals surface area contributed by atoms with Crippen molar-refractivity contribution in [2.45, 2.75) is 5.16 Å². The number of aromatic nitrogens is 3. The lowest BCUT2D eigenvalue weighted by atomic mass is 10.1. The molecule has 0 spiro atoms. The highest BCUT2D eigenvalue weighted by atomic mass is 32.2. The molecule has 0 saturated carbocycles. The number of fused-ring (bicyclic) bond motifs is 1. The van der Waals surface area contributed by atoms with E-state index in [2.05, 4.69) is 4.98 Å². The minimum Gasteiger partial charge on any atom is -0.497 e. The van der Waals surface area contributed by atoms with Gasteiger partial charge in [-0.2, -0.15) is 0 Å². The second kappa shape index (κ2) is 8.74. The van der Waals surface area contributed by atoms with E-state index in [-0.39, 0.29) is 17.1 Å². The van der Waals surface area contributed by atoms with Crippen molar-refractivity contribution in [3.8, 4) is 11.4 Å². The molecule has 0 bridgehead atoms. The largest absolute Gasteiger partial charge is 0.497 e. The summed E-state index contributed by atoms with van der Waals surface area (Å²) in [6.45, 7) is 0. The molecule has 158 valence electrons. The Hall–Kier alpha value is -2.82. The maximum absolute atomic E-state index is 13.1. The molecular formula is C21H16FN3O3S3. The first-order chi connectivity index (χ1) is 14.9. The highest BCUT2D eigenvalue weighted by molar-refractivity contribution is 7.99. The van der Waals surface area contributed by atoms with Crippen LogP contribution in [0.15, 0.2) is 58.5 Å². The molecule has 4 aromatic rings. The summed E-state index contributed by atoms with van der Waals surface area (Å²) in [5.74, 6) is 0.121. The summed E-state index contributed by atoms with van der Waals surface area (Å²) in [7, 11) is 3.18. The maximum Gasteiger partial charge on any atom is 0.273 e. The number of halogens is 1. The molecule has 0 radical (unpaired) electrons. The highest BCUT2D eigenvalue weighted by Gasteiger charge is 2.17. The standard InChI is InChI=1S/C21H16FN3O3S3/c1-24-19(27)17-18(25(21(29)31-17)14-4-3-5-15(10-14)28-2)23-20(24)30-11-16(26)12-6-8-13(22)9-7-12/h3-10H,11H2,1-2H3. The van der Waals surface area contributed by atoms with Crippen LogP contribution < -0.4 is 10.3 Å². The first-order valence-corrected chi connectivity index (χ1v) is 11.3. The number of rotatable bonds is 6. The van der Waals surface area contributed by atoms with Crippen LogP contribution in [0, 0.1) is 9.77 Å². The van der Waals surface area contributed by atoms with Gasteiger partial charge in [0, 0.05) is 18.7 Å². The first-order valence-electron chi connectivity index (χ1n) is 9.07. The molecule has 4 rings (SSSR count). The smallest absolute Gasteiger partial charge is 0.273 e. The number of thioether (sulfide) groups is 1. The van der Waals surface area contributed by atoms with Crippen molar-refractivity contribution in [3.63, 3.8) is 0 Å². The van der Waals surface area contributed by atoms with Crippen molar-refractivity contribution in [2.24, 2.45) is 7.05 Å². The van der Waals surface area contributed by atoms with Gasteiger partial charge in [0.1, 0.15) is 16.3 Å². The number of hydrogen-bond acceptors (Lipinski definition) is 7. The van der Waals surface area contributed by atoms with Crippen LogP contribution in [0.1, 0.15) is 10.4 Å². The van der Waals surface area contributed by atoms with Crippen LogP contribution in [-0.4, -0.2) is 32.8 Å². The highest BCUT2D eigenvalue weighted by Crippen LogP contribution is 2.27. The number of carbonyl (C=O) groups is 1. The molecule has 0 aliphatic heterocycles. The summed E-state index contributed by atoms with van der Waals surface area (Å²) >= 11 is 7.84. The fourth-order valence-electron chi connectivity index (χ4n) is 2.97. The van der Waals surface area contributed by atoms with Gasteiger partial charge in [-0.25, -0.2) is 9.37 Å². The molecule has 0 atom stereocenters. The Morgan fingerprint density at radius 2 is 2.00 bits per heavy atom. The van der Waals surface area contributed by atoms with E-state index in [0.29, 0.717) is 30.8 Å². The molecule has 2 heterocycles. The molecule has 2 aromatic carbocycles. The van der Waals surface area contributed by atoms with E-state index in [9.17, 15) is 14.0 Å². The molecule has 0 N–H and O–H groups in total. The zero-order valence-electron chi connectivity index (χ0n) is 16.5. The lowest BCUT2D eigenvalue weighted by Gasteiger charge is -2.09. The first kappa shape index (κ1) is 21.4. The van der Waals surface area contributed by atoms with Crippen molar-refractivity contribution in [1.29, 1.82) is 0 Å². The van der Waals surface area contributed by atoms with Crippen LogP contribution >= 0.6 is 35.3 Å². The maximum atomic E-state index is 13.1. The predicted octanol–water partition coefficient (Wildman–Crippen LogP) is 4.64. The molecule has 0 amide bonds. The van der Waals surface area contributed by atoms with Gasteiger partial charge in [0.25, 0.3) is 5.56 Å². The summed E-state index contributed by atoms with van der Waals surface area (Å²) in [5.41, 5.74) is 1.33. The van der Waals surface area contributed by atoms with Gasteiger partial charge in [-0.1, -0.05) is 29.2 Å². The molecule has 6 nitrogen and oxygen atoms in total. The van der Waals surface area contributed by atoms with Gasteiger partial charge < -0.3 is 4.74 Å². The lowest BCUT2D eigenvalue weighted by Crippen LogP contribution is -2.20. The Labute approximate surface area is 189 Å². The number of nitrogens with zero attached hydrogens (tertiary/aromatic N) is 3. The minimum absolute atomic E-state index is 0.0570. The van der Waals surface area contributed by atoms with Crippen LogP contribution in [0.3, 0.4) is 0 Å². The molecule has 0 unspecified atom stereocenters. The van der Waals surface area contributed by atoms with Gasteiger partial charge in [-0.3, -0.25) is 18.7 Å². The number of methoxy groups -OCH3 is 1. The molecule has 31 heavy (non-hydrogen) atoms. The van der Waals surface area contributed by atoms with E-state index < -0.39 is 5.82 Å². The number of ketones is 1. The Morgan fingerprint density at radius 3 is 2.71 bits per heavy atom. The number of ether oxygens (including phenoxy) is 1. The second-order valence-electron chi connectivity index (χ2n) is 6.53. The van der Waals surface area contributed by atoms with E-state index in [1.807, 2.05) is 24.3 Å². The third-order valence-corrected chi connectivity index (χ3v) is 6.97. The fraction of sp³-hybridized carbons (Fsp3) is 0.143. The molecule has 10 heteroatoms. The summed E-state index contributed by atoms with van der Waals surface area (Å²) in [4.78, 5) is 30.0. The monoisotopic (exact) mass is 473 g/mol. The minimum atomic E-state index is -0.405. The van der Waals surface area contributed by atoms with Crippen molar-refractivity contribution >= 4 is 51.4 Å². The lowest BCUT2D eigenvalue weighted by molar-refractivity contribution is 0.102. The third kappa shape index (κ3) is 4.18. The summed E-state index contributed by atoms with van der Waals surface area (Å²) in [5, 5.41) is 0.386. The van der Waals surface area contributed by atoms with E-state index in [4.69, 9.17) is 17.0 Å². The van der Waals surface area contributed by atoms with E-state index in [1.54, 1.807) is 18.7 Å². The van der Waals surface area contributed by atoms with E-state index in [1.165, 1.54) is 40.2 Å². The van der Waals surface area contributed by atoms with E-state index >= 15 is 0 Å². The topological polar surface area (TPSA) is 66.1 Å². The Bertz CT molecular complexity index is 1410. The van der Waals surface area contributed by atoms with Crippen LogP contribution in [0.5, 0.6) is 5.75 Å². The number of hydrogen-bond donors (Lipinski definition) is 0. The third-order valence-electron chi connectivity index (χ3n) is 4.58. The Kier molecular flexibility index (Phi) is 6.03. The van der Waals surface area contributed by atoms with E-state index in [0.717, 1.165) is 17.4 Å². The zero-order valence-corrected chi connectivity index (χ0v) is 18.9. The second-order valence-corrected chi connectivity index (χ2v) is 9.12. The summed E-state index contributed by atoms with van der Waals surface area (Å²) < 4.78 is 22.4. The zero-order chi connectivity index (χ0) is 22.1. The normalized spacial score (nSPS) is 11.1. The van der Waals surface area contributed by atoms with Crippen molar-refractivity contribution in [2.75, 3.05) is 12.9 Å². The number of carbonyl (C=O) groups excluding carboxylic acids is 1. The van der Waals surface area contributed by atoms with Crippen molar-refractivity contribution < 1.29 is 13.9 Å². The molecule has 0 aliphatic carbocycles. The molecule has 0 aliphatic rings. The van der Waals surface area contributed by atoms with Gasteiger partial charge in [-0.15, -0.1) is 0 Å². The quantitative estimate of drug-likeness (QED) is 0.176. The van der Waals surface area contributed by atoms with Crippen molar-refractivity contribution in [1.82, 2.24) is 14.1 Å². The predicted molar refractivity (Wildman–Crippen MR) is 123 cm³/mol. The van der Waals surface area contributed by atoms with Gasteiger partial charge in [0.2, 0.25) is 0 Å². The van der Waals surface area contributed by atoms with Gasteiger partial charge in [0.15, 0.2) is 20.5 Å². The summed E-state index contributed by atoms with van der Waals surface area (Å²) in [6, 6.07) is 12.7. The van der Waals surface area contributed by atoms with Gasteiger partial charge in [0.05, 0.1) is 18.6 Å². The van der Waals surface area contributed by atoms with Gasteiger partial charge >= 0.3 is 0 Å². The average molecular weight is 474 g/mol. The average Bonchev–Trinajstić information content (AvgIpc) is 3.11. The Balaban J connectivity index is 1.74. The van der Waals surface area contributed by atoms with Gasteiger partial charge in [-0.05, 0) is 48.6 Å². The molecule has 0 saturated heterocycles. The number of thiazole rings is 1. The molecular weight excluding hydrogens is 457 g/mol. The SMILES string of the molecule is COc1cccc(-n2c(=S)sc3c(=O)n(C)c(SCC(=O)c4ccc(F)cc4)nc32)c1. The number of benzene rings is 2. The summed E-state index contributed by atoms with van der Waals surface area (Å²) in [6.07, 6.45) is 0. The molecule has 0 fully saturated rings. The van der Waals surface area contributed by atoms with Crippen molar-refractivity contribution in [3.05, 3.63) is 74.2 Å². The fourth-order valence-corrected chi connectivity index (χ4v) is 5.17. The number of Topliss-reactive ketones (excluding diaryl/α,β-unsaturated/α-hetero) is 1. The Morgan fingerprint density at radius 1 is 1.26 bits per heavy atom. The molecule has 2 aromatic heterocycles. The van der Waals surface area contributed by atoms with Crippen LogP contribution in [0.4, 0.5) is 4.39 Å². The van der Waals surface area contributed by atoms with Crippen LogP contribution in [-0.2, 0) is 7.05 Å². The van der Waals surface area contributed by atoms with Crippen LogP contribution in [0.25, 0.3) is 16.0 Å². The van der Waals surface area contributed by atoms with Crippen LogP contribution in [0.2, 0.25) is 0 Å².